The molecule has 1 fully saturated rings. The van der Waals surface area contributed by atoms with Gasteiger partial charge in [-0.15, -0.1) is 0 Å². The van der Waals surface area contributed by atoms with Crippen LogP contribution < -0.4 is 4.31 Å². The van der Waals surface area contributed by atoms with E-state index in [1.54, 1.807) is 31.3 Å². The van der Waals surface area contributed by atoms with Crippen LogP contribution in [0.1, 0.15) is 25.7 Å². The summed E-state index contributed by atoms with van der Waals surface area (Å²) in [4.78, 5) is 14.1. The Morgan fingerprint density at radius 3 is 2.50 bits per heavy atom. The predicted octanol–water partition coefficient (Wildman–Crippen LogP) is 1.98. The minimum absolute atomic E-state index is 0.258. The van der Waals surface area contributed by atoms with Gasteiger partial charge in [-0.05, 0) is 40.9 Å². The third-order valence-corrected chi connectivity index (χ3v) is 6.18. The number of carbonyl (C=O) groups excluding carboxylic acids is 1. The molecule has 134 valence electrons. The van der Waals surface area contributed by atoms with Crippen LogP contribution in [0.2, 0.25) is 0 Å². The molecule has 0 bridgehead atoms. The van der Waals surface area contributed by atoms with Crippen LogP contribution in [0.25, 0.3) is 0 Å². The number of benzene rings is 1. The summed E-state index contributed by atoms with van der Waals surface area (Å²) in [6.07, 6.45) is 3.84. The van der Waals surface area contributed by atoms with E-state index in [-0.39, 0.29) is 18.5 Å². The fourth-order valence-corrected chi connectivity index (χ4v) is 4.48. The first-order valence-corrected chi connectivity index (χ1v) is 10.5. The number of amides is 1. The minimum atomic E-state index is -3.62. The molecule has 1 aliphatic carbocycles. The Morgan fingerprint density at radius 2 is 1.92 bits per heavy atom. The Balaban J connectivity index is 2.21. The number of nitrogens with zero attached hydrogens (tertiary/aromatic N) is 2. The maximum absolute atomic E-state index is 12.6. The van der Waals surface area contributed by atoms with Crippen molar-refractivity contribution in [1.29, 1.82) is 0 Å². The zero-order valence-electron chi connectivity index (χ0n) is 13.9. The molecule has 24 heavy (non-hydrogen) atoms. The van der Waals surface area contributed by atoms with Crippen LogP contribution in [-0.4, -0.2) is 56.3 Å². The summed E-state index contributed by atoms with van der Waals surface area (Å²) >= 11 is 3.33. The zero-order valence-corrected chi connectivity index (χ0v) is 16.3. The van der Waals surface area contributed by atoms with E-state index >= 15 is 0 Å². The molecule has 0 saturated heterocycles. The molecule has 6 nitrogen and oxygen atoms in total. The lowest BCUT2D eigenvalue weighted by atomic mass is 9.91. The van der Waals surface area contributed by atoms with Crippen molar-refractivity contribution in [1.82, 2.24) is 4.90 Å². The van der Waals surface area contributed by atoms with E-state index in [0.29, 0.717) is 16.6 Å². The number of aliphatic hydroxyl groups is 1. The lowest BCUT2D eigenvalue weighted by Gasteiger charge is -2.36. The molecule has 1 aliphatic rings. The summed E-state index contributed by atoms with van der Waals surface area (Å²) in [7, 11) is -1.99. The smallest absolute Gasteiger partial charge is 0.243 e. The highest BCUT2D eigenvalue weighted by Crippen LogP contribution is 2.28. The highest BCUT2D eigenvalue weighted by molar-refractivity contribution is 9.10. The van der Waals surface area contributed by atoms with Crippen molar-refractivity contribution < 1.29 is 18.3 Å². The van der Waals surface area contributed by atoms with E-state index < -0.39 is 16.1 Å². The van der Waals surface area contributed by atoms with Crippen molar-refractivity contribution in [2.24, 2.45) is 0 Å². The van der Waals surface area contributed by atoms with E-state index in [1.807, 2.05) is 0 Å². The Labute approximate surface area is 151 Å². The molecule has 0 aliphatic heterocycles. The molecule has 1 amide bonds. The van der Waals surface area contributed by atoms with Crippen LogP contribution in [0.5, 0.6) is 0 Å². The van der Waals surface area contributed by atoms with Crippen LogP contribution in [-0.2, 0) is 14.8 Å². The summed E-state index contributed by atoms with van der Waals surface area (Å²) in [6.45, 7) is -0.291. The number of likely N-dealkylation sites (N-methyl/N-ethyl adjacent to an activating group) is 1. The Bertz CT molecular complexity index is 695. The summed E-state index contributed by atoms with van der Waals surface area (Å²) < 4.78 is 26.0. The largest absolute Gasteiger partial charge is 0.391 e. The van der Waals surface area contributed by atoms with Crippen molar-refractivity contribution >= 4 is 37.5 Å². The SMILES string of the molecule is CN(C(=O)CN(c1ccccc1Br)S(C)(=O)=O)C1CCCCC1O. The molecule has 1 N–H and O–H groups in total. The van der Waals surface area contributed by atoms with Crippen molar-refractivity contribution in [2.75, 3.05) is 24.2 Å². The highest BCUT2D eigenvalue weighted by Gasteiger charge is 2.31. The average molecular weight is 419 g/mol. The van der Waals surface area contributed by atoms with Crippen LogP contribution >= 0.6 is 15.9 Å². The number of carbonyl (C=O) groups is 1. The molecular weight excluding hydrogens is 396 g/mol. The molecule has 0 heterocycles. The zero-order chi connectivity index (χ0) is 17.9. The molecule has 0 radical (unpaired) electrons. The number of rotatable bonds is 5. The standard InChI is InChI=1S/C16H23BrN2O4S/c1-18(14-9-5-6-10-15(14)20)16(21)11-19(24(2,22)23)13-8-4-3-7-12(13)17/h3-4,7-8,14-15,20H,5-6,9-11H2,1-2H3. The Kier molecular flexibility index (Phi) is 6.28. The van der Waals surface area contributed by atoms with E-state index in [2.05, 4.69) is 15.9 Å². The van der Waals surface area contributed by atoms with Crippen molar-refractivity contribution in [3.8, 4) is 0 Å². The monoisotopic (exact) mass is 418 g/mol. The molecule has 2 unspecified atom stereocenters. The van der Waals surface area contributed by atoms with Crippen LogP contribution in [0.15, 0.2) is 28.7 Å². The third kappa shape index (κ3) is 4.49. The quantitative estimate of drug-likeness (QED) is 0.792. The normalized spacial score (nSPS) is 21.3. The van der Waals surface area contributed by atoms with Crippen LogP contribution in [0, 0.1) is 0 Å². The summed E-state index contributed by atoms with van der Waals surface area (Å²) in [6, 6.07) is 6.62. The number of hydrogen-bond acceptors (Lipinski definition) is 4. The summed E-state index contributed by atoms with van der Waals surface area (Å²) in [5, 5.41) is 10.1. The highest BCUT2D eigenvalue weighted by atomic mass is 79.9. The molecule has 2 rings (SSSR count). The molecule has 8 heteroatoms. The van der Waals surface area contributed by atoms with E-state index in [9.17, 15) is 18.3 Å². The van der Waals surface area contributed by atoms with Gasteiger partial charge in [0, 0.05) is 11.5 Å². The predicted molar refractivity (Wildman–Crippen MR) is 97.4 cm³/mol. The number of anilines is 1. The lowest BCUT2D eigenvalue weighted by Crippen LogP contribution is -2.50. The molecule has 2 atom stereocenters. The second-order valence-electron chi connectivity index (χ2n) is 6.14. The fourth-order valence-electron chi connectivity index (χ4n) is 3.00. The molecule has 0 spiro atoms. The summed E-state index contributed by atoms with van der Waals surface area (Å²) in [5.41, 5.74) is 0.422. The number of sulfonamides is 1. The van der Waals surface area contributed by atoms with Crippen molar-refractivity contribution in [3.05, 3.63) is 28.7 Å². The van der Waals surface area contributed by atoms with Gasteiger partial charge in [-0.3, -0.25) is 9.10 Å². The first-order chi connectivity index (χ1) is 11.2. The second-order valence-corrected chi connectivity index (χ2v) is 8.91. The molecular formula is C16H23BrN2O4S. The Hall–Kier alpha value is -1.12. The molecule has 1 aromatic carbocycles. The third-order valence-electron chi connectivity index (χ3n) is 4.39. The van der Waals surface area contributed by atoms with Gasteiger partial charge in [0.05, 0.1) is 24.1 Å². The maximum atomic E-state index is 12.6. The van der Waals surface area contributed by atoms with Crippen LogP contribution in [0.3, 0.4) is 0 Å². The minimum Gasteiger partial charge on any atom is -0.391 e. The second kappa shape index (κ2) is 7.84. The van der Waals surface area contributed by atoms with Crippen molar-refractivity contribution in [3.63, 3.8) is 0 Å². The topological polar surface area (TPSA) is 77.9 Å². The number of aliphatic hydroxyl groups excluding tert-OH is 1. The van der Waals surface area contributed by atoms with Gasteiger partial charge in [0.15, 0.2) is 0 Å². The summed E-state index contributed by atoms with van der Waals surface area (Å²) in [5.74, 6) is -0.331. The van der Waals surface area contributed by atoms with Gasteiger partial charge in [-0.2, -0.15) is 0 Å². The van der Waals surface area contributed by atoms with E-state index in [0.717, 1.165) is 29.8 Å². The van der Waals surface area contributed by atoms with Crippen LogP contribution in [0.4, 0.5) is 5.69 Å². The Morgan fingerprint density at radius 1 is 1.29 bits per heavy atom. The number of para-hydroxylation sites is 1. The number of halogens is 1. The first-order valence-electron chi connectivity index (χ1n) is 7.88. The van der Waals surface area contributed by atoms with E-state index in [1.165, 1.54) is 4.90 Å². The molecule has 1 aromatic rings. The maximum Gasteiger partial charge on any atom is 0.243 e. The van der Waals surface area contributed by atoms with Gasteiger partial charge in [0.1, 0.15) is 6.54 Å². The molecule has 0 aromatic heterocycles. The average Bonchev–Trinajstić information content (AvgIpc) is 2.52. The lowest BCUT2D eigenvalue weighted by molar-refractivity contribution is -0.133. The van der Waals surface area contributed by atoms with Gasteiger partial charge in [-0.1, -0.05) is 25.0 Å². The van der Waals surface area contributed by atoms with Gasteiger partial charge in [0.2, 0.25) is 15.9 Å². The molecule has 1 saturated carbocycles. The van der Waals surface area contributed by atoms with Gasteiger partial charge in [-0.25, -0.2) is 8.42 Å². The van der Waals surface area contributed by atoms with E-state index in [4.69, 9.17) is 0 Å². The fraction of sp³-hybridized carbons (Fsp3) is 0.562. The first kappa shape index (κ1) is 19.2. The van der Waals surface area contributed by atoms with Crippen molar-refractivity contribution in [2.45, 2.75) is 37.8 Å². The van der Waals surface area contributed by atoms with Gasteiger partial charge >= 0.3 is 0 Å². The number of hydrogen-bond donors (Lipinski definition) is 1. The van der Waals surface area contributed by atoms with Gasteiger partial charge < -0.3 is 10.0 Å². The van der Waals surface area contributed by atoms with Gasteiger partial charge in [0.25, 0.3) is 0 Å².